The van der Waals surface area contributed by atoms with E-state index in [1.54, 1.807) is 18.5 Å². The van der Waals surface area contributed by atoms with Crippen LogP contribution in [0.3, 0.4) is 0 Å². The van der Waals surface area contributed by atoms with Gasteiger partial charge in [0.25, 0.3) is 5.91 Å². The summed E-state index contributed by atoms with van der Waals surface area (Å²) in [5, 5.41) is 0. The molecule has 1 aromatic heterocycles. The molecule has 0 saturated carbocycles. The monoisotopic (exact) mass is 380 g/mol. The normalized spacial score (nSPS) is 23.0. The first-order valence-corrected chi connectivity index (χ1v) is 10.1. The molecule has 2 N–H and O–H groups in total. The Balaban J connectivity index is 1.30. The molecule has 0 bridgehead atoms. The first kappa shape index (κ1) is 18.9. The van der Waals surface area contributed by atoms with Gasteiger partial charge in [0.05, 0.1) is 6.20 Å². The van der Waals surface area contributed by atoms with Gasteiger partial charge in [0, 0.05) is 37.8 Å². The molecule has 0 spiro atoms. The minimum Gasteiger partial charge on any atom is -0.482 e. The summed E-state index contributed by atoms with van der Waals surface area (Å²) in [6.07, 6.45) is 5.35. The number of hydrogen-bond donors (Lipinski definition) is 2. The highest BCUT2D eigenvalue weighted by Gasteiger charge is 2.36. The molecular weight excluding hydrogens is 352 g/mol. The number of ether oxygens (including phenoxy) is 1. The van der Waals surface area contributed by atoms with Crippen molar-refractivity contribution in [1.82, 2.24) is 20.7 Å². The van der Waals surface area contributed by atoms with Crippen molar-refractivity contribution in [3.05, 3.63) is 59.9 Å². The Morgan fingerprint density at radius 1 is 1.25 bits per heavy atom. The number of likely N-dealkylation sites (tertiary alicyclic amines) is 1. The topological polar surface area (TPSA) is 66.5 Å². The number of benzene rings is 1. The second-order valence-corrected chi connectivity index (χ2v) is 7.77. The van der Waals surface area contributed by atoms with Gasteiger partial charge in [0.2, 0.25) is 0 Å². The summed E-state index contributed by atoms with van der Waals surface area (Å²) in [6, 6.07) is 12.8. The number of piperidine rings is 1. The van der Waals surface area contributed by atoms with E-state index in [9.17, 15) is 4.79 Å². The Labute approximate surface area is 166 Å². The predicted molar refractivity (Wildman–Crippen MR) is 108 cm³/mol. The van der Waals surface area contributed by atoms with Gasteiger partial charge >= 0.3 is 0 Å². The lowest BCUT2D eigenvalue weighted by atomic mass is 9.80. The maximum Gasteiger partial charge on any atom is 0.260 e. The van der Waals surface area contributed by atoms with Crippen molar-refractivity contribution in [3.63, 3.8) is 0 Å². The number of nitrogens with one attached hydrogen (secondary N) is 2. The van der Waals surface area contributed by atoms with E-state index < -0.39 is 0 Å². The van der Waals surface area contributed by atoms with Crippen molar-refractivity contribution >= 4 is 5.91 Å². The molecule has 3 heterocycles. The van der Waals surface area contributed by atoms with Crippen molar-refractivity contribution in [3.8, 4) is 5.75 Å². The Kier molecular flexibility index (Phi) is 5.88. The fourth-order valence-electron chi connectivity index (χ4n) is 4.36. The van der Waals surface area contributed by atoms with Crippen LogP contribution in [0.4, 0.5) is 0 Å². The van der Waals surface area contributed by atoms with Crippen LogP contribution in [0.2, 0.25) is 0 Å². The second kappa shape index (κ2) is 8.71. The SMILES string of the molecule is Cc1cccc(C2CNNC2C2CCN(C(=O)COc3cccnc3)CC2)c1. The number of hydrazine groups is 1. The number of hydrogen-bond acceptors (Lipinski definition) is 5. The number of amides is 1. The molecular formula is C22H28N4O2. The molecule has 2 aliphatic heterocycles. The molecule has 4 rings (SSSR count). The highest BCUT2D eigenvalue weighted by Crippen LogP contribution is 2.32. The van der Waals surface area contributed by atoms with Crippen LogP contribution in [0.1, 0.15) is 29.9 Å². The molecule has 0 aliphatic carbocycles. The van der Waals surface area contributed by atoms with Gasteiger partial charge in [0.1, 0.15) is 5.75 Å². The third-order valence-electron chi connectivity index (χ3n) is 5.89. The Hall–Kier alpha value is -2.44. The lowest BCUT2D eigenvalue weighted by molar-refractivity contribution is -0.134. The molecule has 2 saturated heterocycles. The summed E-state index contributed by atoms with van der Waals surface area (Å²) in [6.45, 7) is 4.75. The van der Waals surface area contributed by atoms with Gasteiger partial charge in [-0.3, -0.25) is 20.6 Å². The van der Waals surface area contributed by atoms with Gasteiger partial charge < -0.3 is 9.64 Å². The van der Waals surface area contributed by atoms with Gasteiger partial charge in [-0.2, -0.15) is 0 Å². The lowest BCUT2D eigenvalue weighted by Gasteiger charge is -2.36. The molecule has 2 aliphatic rings. The average molecular weight is 380 g/mol. The standard InChI is InChI=1S/C22H28N4O2/c1-16-4-2-5-18(12-16)20-14-24-25-22(20)17-7-10-26(11-8-17)21(27)15-28-19-6-3-9-23-13-19/h2-6,9,12-13,17,20,22,24-25H,7-8,10-11,14-15H2,1H3. The van der Waals surface area contributed by atoms with E-state index in [0.29, 0.717) is 23.6 Å². The number of carbonyl (C=O) groups is 1. The van der Waals surface area contributed by atoms with Crippen molar-refractivity contribution in [2.75, 3.05) is 26.2 Å². The second-order valence-electron chi connectivity index (χ2n) is 7.77. The molecule has 1 amide bonds. The molecule has 2 fully saturated rings. The number of pyridine rings is 1. The highest BCUT2D eigenvalue weighted by molar-refractivity contribution is 5.77. The Morgan fingerprint density at radius 3 is 2.86 bits per heavy atom. The zero-order valence-corrected chi connectivity index (χ0v) is 16.3. The minimum atomic E-state index is 0.0510. The first-order valence-electron chi connectivity index (χ1n) is 10.1. The molecule has 2 atom stereocenters. The molecule has 6 nitrogen and oxygen atoms in total. The summed E-state index contributed by atoms with van der Waals surface area (Å²) < 4.78 is 5.56. The third-order valence-corrected chi connectivity index (χ3v) is 5.89. The van der Waals surface area contributed by atoms with E-state index in [-0.39, 0.29) is 12.5 Å². The predicted octanol–water partition coefficient (Wildman–Crippen LogP) is 2.27. The largest absolute Gasteiger partial charge is 0.482 e. The van der Waals surface area contributed by atoms with Gasteiger partial charge in [-0.25, -0.2) is 0 Å². The van der Waals surface area contributed by atoms with E-state index in [1.807, 2.05) is 11.0 Å². The Bertz CT molecular complexity index is 790. The van der Waals surface area contributed by atoms with E-state index in [2.05, 4.69) is 47.0 Å². The smallest absolute Gasteiger partial charge is 0.260 e. The summed E-state index contributed by atoms with van der Waals surface area (Å²) in [7, 11) is 0. The molecule has 148 valence electrons. The van der Waals surface area contributed by atoms with Crippen molar-refractivity contribution in [1.29, 1.82) is 0 Å². The summed E-state index contributed by atoms with van der Waals surface area (Å²) in [5.74, 6) is 1.72. The van der Waals surface area contributed by atoms with Crippen molar-refractivity contribution in [2.45, 2.75) is 31.7 Å². The van der Waals surface area contributed by atoms with Gasteiger partial charge in [-0.1, -0.05) is 29.8 Å². The first-order chi connectivity index (χ1) is 13.7. The van der Waals surface area contributed by atoms with Crippen LogP contribution in [0, 0.1) is 12.8 Å². The van der Waals surface area contributed by atoms with Crippen molar-refractivity contribution < 1.29 is 9.53 Å². The summed E-state index contributed by atoms with van der Waals surface area (Å²) in [4.78, 5) is 18.4. The highest BCUT2D eigenvalue weighted by atomic mass is 16.5. The average Bonchev–Trinajstić information content (AvgIpc) is 3.23. The molecule has 2 unspecified atom stereocenters. The molecule has 1 aromatic carbocycles. The van der Waals surface area contributed by atoms with Crippen LogP contribution in [0.5, 0.6) is 5.75 Å². The van der Waals surface area contributed by atoms with E-state index in [1.165, 1.54) is 11.1 Å². The van der Waals surface area contributed by atoms with Crippen LogP contribution in [-0.2, 0) is 4.79 Å². The number of aryl methyl sites for hydroxylation is 1. The van der Waals surface area contributed by atoms with E-state index in [0.717, 1.165) is 32.5 Å². The molecule has 6 heteroatoms. The number of aromatic nitrogens is 1. The van der Waals surface area contributed by atoms with Gasteiger partial charge in [0.15, 0.2) is 6.61 Å². The number of nitrogens with zero attached hydrogens (tertiary/aromatic N) is 2. The fraction of sp³-hybridized carbons (Fsp3) is 0.455. The summed E-state index contributed by atoms with van der Waals surface area (Å²) >= 11 is 0. The van der Waals surface area contributed by atoms with Crippen LogP contribution in [0.25, 0.3) is 0 Å². The van der Waals surface area contributed by atoms with Crippen LogP contribution in [0.15, 0.2) is 48.8 Å². The van der Waals surface area contributed by atoms with E-state index in [4.69, 9.17) is 4.74 Å². The quantitative estimate of drug-likeness (QED) is 0.833. The lowest BCUT2D eigenvalue weighted by Crippen LogP contribution is -2.46. The maximum atomic E-state index is 12.5. The number of carbonyl (C=O) groups excluding carboxylic acids is 1. The zero-order valence-electron chi connectivity index (χ0n) is 16.3. The number of rotatable bonds is 5. The third kappa shape index (κ3) is 4.34. The van der Waals surface area contributed by atoms with E-state index >= 15 is 0 Å². The van der Waals surface area contributed by atoms with Crippen LogP contribution in [-0.4, -0.2) is 48.1 Å². The molecule has 2 aromatic rings. The van der Waals surface area contributed by atoms with Gasteiger partial charge in [-0.15, -0.1) is 0 Å². The molecule has 28 heavy (non-hydrogen) atoms. The molecule has 0 radical (unpaired) electrons. The van der Waals surface area contributed by atoms with Crippen molar-refractivity contribution in [2.24, 2.45) is 5.92 Å². The maximum absolute atomic E-state index is 12.5. The van der Waals surface area contributed by atoms with Gasteiger partial charge in [-0.05, 0) is 43.4 Å². The minimum absolute atomic E-state index is 0.0510. The zero-order chi connectivity index (χ0) is 19.3. The fourth-order valence-corrected chi connectivity index (χ4v) is 4.36. The van der Waals surface area contributed by atoms with Crippen LogP contribution < -0.4 is 15.6 Å². The Morgan fingerprint density at radius 2 is 2.11 bits per heavy atom. The summed E-state index contributed by atoms with van der Waals surface area (Å²) in [5.41, 5.74) is 9.55. The van der Waals surface area contributed by atoms with Crippen LogP contribution >= 0.6 is 0 Å².